The monoisotopic (exact) mass is 648 g/mol. The molecule has 0 radical (unpaired) electrons. The van der Waals surface area contributed by atoms with Crippen molar-refractivity contribution in [2.75, 3.05) is 5.32 Å². The Kier molecular flexibility index (Phi) is 13.5. The molecular weight excluding hydrogens is 600 g/mol. The molecule has 11 heteroatoms. The van der Waals surface area contributed by atoms with Gasteiger partial charge in [0.1, 0.15) is 30.3 Å². The van der Waals surface area contributed by atoms with E-state index < -0.39 is 47.6 Å². The van der Waals surface area contributed by atoms with Crippen molar-refractivity contribution in [1.82, 2.24) is 16.0 Å². The van der Waals surface area contributed by atoms with Gasteiger partial charge in [0.2, 0.25) is 17.7 Å². The summed E-state index contributed by atoms with van der Waals surface area (Å²) in [5.74, 6) is -1.33. The molecule has 1 heterocycles. The predicted octanol–water partition coefficient (Wildman–Crippen LogP) is 5.44. The zero-order chi connectivity index (χ0) is 34.7. The first-order valence-corrected chi connectivity index (χ1v) is 16.1. The van der Waals surface area contributed by atoms with Crippen LogP contribution < -0.4 is 26.9 Å². The highest BCUT2D eigenvalue weighted by Crippen LogP contribution is 2.21. The molecule has 0 unspecified atom stereocenters. The number of rotatable bonds is 15. The first-order valence-electron chi connectivity index (χ1n) is 16.1. The SMILES string of the molecule is Cc1cc(=O)oc2cc(NC(=O)[C@H](CC(C)C)NC(=O)[C@H](CC(C)C)NC(=O)[C@H](CC(C)C)NC(=O)OCc3ccccc3)ccc12. The van der Waals surface area contributed by atoms with Crippen molar-refractivity contribution >= 4 is 40.5 Å². The summed E-state index contributed by atoms with van der Waals surface area (Å²) in [7, 11) is 0. The van der Waals surface area contributed by atoms with Crippen LogP contribution in [0.15, 0.2) is 63.8 Å². The number of ether oxygens (including phenoxy) is 1. The molecule has 4 amide bonds. The van der Waals surface area contributed by atoms with Crippen LogP contribution in [0.2, 0.25) is 0 Å². The van der Waals surface area contributed by atoms with E-state index in [0.717, 1.165) is 16.5 Å². The molecule has 0 spiro atoms. The third kappa shape index (κ3) is 11.9. The van der Waals surface area contributed by atoms with E-state index in [0.29, 0.717) is 30.5 Å². The molecule has 1 aromatic heterocycles. The van der Waals surface area contributed by atoms with Gasteiger partial charge in [-0.05, 0) is 67.2 Å². The minimum Gasteiger partial charge on any atom is -0.445 e. The molecule has 0 bridgehead atoms. The highest BCUT2D eigenvalue weighted by molar-refractivity contribution is 6.00. The largest absolute Gasteiger partial charge is 0.445 e. The molecule has 0 saturated heterocycles. The summed E-state index contributed by atoms with van der Waals surface area (Å²) in [5, 5.41) is 11.9. The van der Waals surface area contributed by atoms with Gasteiger partial charge < -0.3 is 30.4 Å². The molecule has 254 valence electrons. The van der Waals surface area contributed by atoms with E-state index in [4.69, 9.17) is 9.15 Å². The minimum atomic E-state index is -0.959. The average molecular weight is 649 g/mol. The van der Waals surface area contributed by atoms with Gasteiger partial charge in [-0.1, -0.05) is 71.9 Å². The summed E-state index contributed by atoms with van der Waals surface area (Å²) < 4.78 is 10.6. The Hall–Kier alpha value is -4.67. The normalized spacial score (nSPS) is 13.2. The number of nitrogens with one attached hydrogen (secondary N) is 4. The Bertz CT molecular complexity index is 1580. The van der Waals surface area contributed by atoms with Crippen molar-refractivity contribution in [1.29, 1.82) is 0 Å². The number of carbonyl (C=O) groups excluding carboxylic acids is 4. The first kappa shape index (κ1) is 36.8. The minimum absolute atomic E-state index is 0.0338. The molecule has 0 fully saturated rings. The Balaban J connectivity index is 1.73. The molecule has 0 aliphatic carbocycles. The van der Waals surface area contributed by atoms with Crippen LogP contribution in [0.5, 0.6) is 0 Å². The predicted molar refractivity (Wildman–Crippen MR) is 182 cm³/mol. The number of benzene rings is 2. The van der Waals surface area contributed by atoms with Gasteiger partial charge in [-0.3, -0.25) is 14.4 Å². The lowest BCUT2D eigenvalue weighted by Crippen LogP contribution is -2.56. The van der Waals surface area contributed by atoms with Crippen LogP contribution in [-0.4, -0.2) is 41.9 Å². The van der Waals surface area contributed by atoms with Crippen molar-refractivity contribution in [3.8, 4) is 0 Å². The lowest BCUT2D eigenvalue weighted by molar-refractivity contribution is -0.132. The van der Waals surface area contributed by atoms with Gasteiger partial charge in [-0.25, -0.2) is 9.59 Å². The van der Waals surface area contributed by atoms with Crippen molar-refractivity contribution in [2.24, 2.45) is 17.8 Å². The Morgan fingerprint density at radius 1 is 0.702 bits per heavy atom. The Morgan fingerprint density at radius 3 is 1.79 bits per heavy atom. The molecule has 47 heavy (non-hydrogen) atoms. The van der Waals surface area contributed by atoms with Crippen LogP contribution in [0.1, 0.15) is 71.9 Å². The van der Waals surface area contributed by atoms with Crippen molar-refractivity contribution in [2.45, 2.75) is 92.5 Å². The average Bonchev–Trinajstić information content (AvgIpc) is 2.98. The fraction of sp³-hybridized carbons (Fsp3) is 0.472. The lowest BCUT2D eigenvalue weighted by Gasteiger charge is -2.27. The van der Waals surface area contributed by atoms with Crippen LogP contribution >= 0.6 is 0 Å². The smallest absolute Gasteiger partial charge is 0.408 e. The number of carbonyl (C=O) groups is 4. The van der Waals surface area contributed by atoms with Gasteiger partial charge in [0.05, 0.1) is 0 Å². The van der Waals surface area contributed by atoms with Gasteiger partial charge in [0.25, 0.3) is 0 Å². The Labute approximate surface area is 276 Å². The topological polar surface area (TPSA) is 156 Å². The quantitative estimate of drug-likeness (QED) is 0.160. The lowest BCUT2D eigenvalue weighted by atomic mass is 9.98. The summed E-state index contributed by atoms with van der Waals surface area (Å²) >= 11 is 0. The van der Waals surface area contributed by atoms with Crippen molar-refractivity contribution in [3.05, 3.63) is 76.1 Å². The van der Waals surface area contributed by atoms with E-state index in [9.17, 15) is 24.0 Å². The molecule has 3 aromatic rings. The second-order valence-electron chi connectivity index (χ2n) is 13.2. The second-order valence-corrected chi connectivity index (χ2v) is 13.2. The number of hydrogen-bond donors (Lipinski definition) is 4. The number of aryl methyl sites for hydroxylation is 1. The molecule has 3 rings (SSSR count). The summed E-state index contributed by atoms with van der Waals surface area (Å²) in [6.07, 6.45) is 0.235. The number of amides is 4. The molecule has 0 aliphatic rings. The molecule has 11 nitrogen and oxygen atoms in total. The molecule has 2 aromatic carbocycles. The van der Waals surface area contributed by atoms with E-state index in [1.807, 2.05) is 71.9 Å². The standard InChI is InChI=1S/C36H48N4O7/c1-21(2)15-28(33(42)37-26-13-14-27-24(7)18-32(41)47-31(27)19-26)38-34(43)29(16-22(3)4)39-35(44)30(17-23(5)6)40-36(45)46-20-25-11-9-8-10-12-25/h8-14,18-19,21-23,28-30H,15-17,20H2,1-7H3,(H,37,42)(H,38,43)(H,39,44)(H,40,45)/t28-,29-,30-/m0/s1. The maximum absolute atomic E-state index is 13.7. The van der Waals surface area contributed by atoms with E-state index in [1.54, 1.807) is 25.1 Å². The summed E-state index contributed by atoms with van der Waals surface area (Å²) in [6, 6.07) is 12.8. The van der Waals surface area contributed by atoms with Gasteiger partial charge in [0, 0.05) is 23.2 Å². The van der Waals surface area contributed by atoms with Gasteiger partial charge in [-0.2, -0.15) is 0 Å². The molecule has 4 N–H and O–H groups in total. The third-order valence-corrected chi connectivity index (χ3v) is 7.43. The number of anilines is 1. The fourth-order valence-electron chi connectivity index (χ4n) is 5.19. The fourth-order valence-corrected chi connectivity index (χ4v) is 5.19. The van der Waals surface area contributed by atoms with Crippen LogP contribution in [0, 0.1) is 24.7 Å². The second kappa shape index (κ2) is 17.3. The van der Waals surface area contributed by atoms with Gasteiger partial charge in [0.15, 0.2) is 0 Å². The van der Waals surface area contributed by atoms with E-state index in [1.165, 1.54) is 6.07 Å². The Morgan fingerprint density at radius 2 is 1.23 bits per heavy atom. The number of hydrogen-bond acceptors (Lipinski definition) is 7. The summed E-state index contributed by atoms with van der Waals surface area (Å²) in [6.45, 7) is 13.4. The molecule has 3 atom stereocenters. The molecule has 0 saturated carbocycles. The zero-order valence-corrected chi connectivity index (χ0v) is 28.3. The van der Waals surface area contributed by atoms with Crippen LogP contribution in [0.4, 0.5) is 10.5 Å². The first-order chi connectivity index (χ1) is 22.2. The third-order valence-electron chi connectivity index (χ3n) is 7.43. The molecule has 0 aliphatic heterocycles. The van der Waals surface area contributed by atoms with Crippen LogP contribution in [-0.2, 0) is 25.7 Å². The van der Waals surface area contributed by atoms with E-state index in [-0.39, 0.29) is 24.4 Å². The maximum atomic E-state index is 13.7. The van der Waals surface area contributed by atoms with Crippen LogP contribution in [0.25, 0.3) is 11.0 Å². The highest BCUT2D eigenvalue weighted by Gasteiger charge is 2.31. The van der Waals surface area contributed by atoms with Crippen LogP contribution in [0.3, 0.4) is 0 Å². The maximum Gasteiger partial charge on any atom is 0.408 e. The number of alkyl carbamates (subject to hydrolysis) is 1. The highest BCUT2D eigenvalue weighted by atomic mass is 16.5. The number of fused-ring (bicyclic) bond motifs is 1. The molecular formula is C36H48N4O7. The summed E-state index contributed by atoms with van der Waals surface area (Å²) in [5.41, 5.74) is 1.82. The van der Waals surface area contributed by atoms with E-state index in [2.05, 4.69) is 21.3 Å². The van der Waals surface area contributed by atoms with Crippen molar-refractivity contribution in [3.63, 3.8) is 0 Å². The van der Waals surface area contributed by atoms with Crippen molar-refractivity contribution < 1.29 is 28.3 Å². The van der Waals surface area contributed by atoms with E-state index >= 15 is 0 Å². The summed E-state index contributed by atoms with van der Waals surface area (Å²) in [4.78, 5) is 65.2. The van der Waals surface area contributed by atoms with Gasteiger partial charge in [-0.15, -0.1) is 0 Å². The zero-order valence-electron chi connectivity index (χ0n) is 28.3. The van der Waals surface area contributed by atoms with Gasteiger partial charge >= 0.3 is 11.7 Å².